The molecule has 0 aliphatic rings. The molecule has 134 valence electrons. The number of nitrogens with zero attached hydrogens (tertiary/aromatic N) is 3. The van der Waals surface area contributed by atoms with Gasteiger partial charge in [-0.05, 0) is 24.6 Å². The van der Waals surface area contributed by atoms with Crippen LogP contribution in [0.1, 0.15) is 17.4 Å². The Morgan fingerprint density at radius 3 is 2.92 bits per heavy atom. The monoisotopic (exact) mass is 408 g/mol. The quantitative estimate of drug-likeness (QED) is 0.518. The average Bonchev–Trinajstić information content (AvgIpc) is 3.03. The van der Waals surface area contributed by atoms with Gasteiger partial charge in [-0.25, -0.2) is 10.4 Å². The molecular weight excluding hydrogens is 395 g/mol. The van der Waals surface area contributed by atoms with Crippen molar-refractivity contribution in [3.05, 3.63) is 61.4 Å². The van der Waals surface area contributed by atoms with Crippen molar-refractivity contribution in [1.82, 2.24) is 15.0 Å². The molecule has 0 saturated heterocycles. The van der Waals surface area contributed by atoms with Crippen LogP contribution in [-0.2, 0) is 17.8 Å². The van der Waals surface area contributed by atoms with Crippen molar-refractivity contribution in [2.24, 2.45) is 5.10 Å². The largest absolute Gasteiger partial charge is 0.289 e. The molecule has 0 aliphatic carbocycles. The standard InChI is InChI=1S/C17H14Cl2N4O2S/c1-2-12-6-13-16(26-12)20-9-23(17(13)25)8-15(24)22-21-7-10-3-4-11(18)5-14(10)19/h3-7,9H,2,8H2,1H3,(H,22,24)/b21-7-. The van der Waals surface area contributed by atoms with Gasteiger partial charge in [-0.1, -0.05) is 36.2 Å². The van der Waals surface area contributed by atoms with Gasteiger partial charge in [0.25, 0.3) is 11.5 Å². The fourth-order valence-electron chi connectivity index (χ4n) is 2.27. The molecule has 1 amide bonds. The van der Waals surface area contributed by atoms with E-state index in [9.17, 15) is 9.59 Å². The first kappa shape index (κ1) is 18.6. The van der Waals surface area contributed by atoms with Gasteiger partial charge in [-0.3, -0.25) is 14.2 Å². The van der Waals surface area contributed by atoms with Gasteiger partial charge in [0.1, 0.15) is 11.4 Å². The number of nitrogens with one attached hydrogen (secondary N) is 1. The third-order valence-electron chi connectivity index (χ3n) is 3.59. The van der Waals surface area contributed by atoms with Gasteiger partial charge >= 0.3 is 0 Å². The molecule has 0 radical (unpaired) electrons. The van der Waals surface area contributed by atoms with E-state index in [4.69, 9.17) is 23.2 Å². The van der Waals surface area contributed by atoms with E-state index in [0.717, 1.165) is 11.3 Å². The molecule has 9 heteroatoms. The van der Waals surface area contributed by atoms with Crippen LogP contribution in [0.2, 0.25) is 10.0 Å². The van der Waals surface area contributed by atoms with Gasteiger partial charge < -0.3 is 0 Å². The van der Waals surface area contributed by atoms with E-state index in [1.54, 1.807) is 18.2 Å². The molecule has 2 aromatic heterocycles. The molecule has 0 spiro atoms. The SMILES string of the molecule is CCc1cc2c(=O)n(CC(=O)N/N=C\c3ccc(Cl)cc3Cl)cnc2s1. The molecule has 26 heavy (non-hydrogen) atoms. The fourth-order valence-corrected chi connectivity index (χ4v) is 3.65. The van der Waals surface area contributed by atoms with E-state index in [2.05, 4.69) is 15.5 Å². The number of hydrazone groups is 1. The van der Waals surface area contributed by atoms with Gasteiger partial charge in [0.05, 0.1) is 23.0 Å². The van der Waals surface area contributed by atoms with E-state index >= 15 is 0 Å². The predicted molar refractivity (Wildman–Crippen MR) is 105 cm³/mol. The lowest BCUT2D eigenvalue weighted by Crippen LogP contribution is -2.29. The number of hydrogen-bond donors (Lipinski definition) is 1. The normalized spacial score (nSPS) is 11.3. The van der Waals surface area contributed by atoms with Gasteiger partial charge in [-0.15, -0.1) is 11.3 Å². The number of carbonyl (C=O) groups excluding carboxylic acids is 1. The van der Waals surface area contributed by atoms with Crippen molar-refractivity contribution in [2.75, 3.05) is 0 Å². The van der Waals surface area contributed by atoms with Crippen LogP contribution in [0.5, 0.6) is 0 Å². The molecule has 6 nitrogen and oxygen atoms in total. The highest BCUT2D eigenvalue weighted by Crippen LogP contribution is 2.21. The Kier molecular flexibility index (Phi) is 5.70. The minimum Gasteiger partial charge on any atom is -0.289 e. The Hall–Kier alpha value is -2.22. The highest BCUT2D eigenvalue weighted by Gasteiger charge is 2.10. The Morgan fingerprint density at radius 2 is 2.19 bits per heavy atom. The number of benzene rings is 1. The topological polar surface area (TPSA) is 76.3 Å². The molecule has 0 atom stereocenters. The predicted octanol–water partition coefficient (Wildman–Crippen LogP) is 3.48. The van der Waals surface area contributed by atoms with Crippen molar-refractivity contribution < 1.29 is 4.79 Å². The number of halogens is 2. The van der Waals surface area contributed by atoms with Gasteiger partial charge in [0.2, 0.25) is 0 Å². The summed E-state index contributed by atoms with van der Waals surface area (Å²) in [5.41, 5.74) is 2.74. The highest BCUT2D eigenvalue weighted by atomic mass is 35.5. The maximum Gasteiger partial charge on any atom is 0.262 e. The van der Waals surface area contributed by atoms with Crippen molar-refractivity contribution in [1.29, 1.82) is 0 Å². The highest BCUT2D eigenvalue weighted by molar-refractivity contribution is 7.18. The number of thiophene rings is 1. The number of carbonyl (C=O) groups is 1. The summed E-state index contributed by atoms with van der Waals surface area (Å²) in [5, 5.41) is 5.31. The second-order valence-electron chi connectivity index (χ2n) is 5.42. The lowest BCUT2D eigenvalue weighted by atomic mass is 10.2. The lowest BCUT2D eigenvalue weighted by molar-refractivity contribution is -0.121. The summed E-state index contributed by atoms with van der Waals surface area (Å²) in [4.78, 5) is 30.5. The fraction of sp³-hybridized carbons (Fsp3) is 0.176. The van der Waals surface area contributed by atoms with Crippen LogP contribution in [0, 0.1) is 0 Å². The maximum atomic E-state index is 12.4. The van der Waals surface area contributed by atoms with Crippen LogP contribution in [0.3, 0.4) is 0 Å². The summed E-state index contributed by atoms with van der Waals surface area (Å²) in [7, 11) is 0. The molecule has 1 aromatic carbocycles. The van der Waals surface area contributed by atoms with Crippen LogP contribution in [0.25, 0.3) is 10.2 Å². The molecule has 0 bridgehead atoms. The zero-order valence-corrected chi connectivity index (χ0v) is 16.0. The lowest BCUT2D eigenvalue weighted by Gasteiger charge is -2.04. The number of hydrogen-bond acceptors (Lipinski definition) is 5. The zero-order chi connectivity index (χ0) is 18.7. The van der Waals surface area contributed by atoms with Crippen molar-refractivity contribution >= 4 is 56.9 Å². The Balaban J connectivity index is 1.70. The summed E-state index contributed by atoms with van der Waals surface area (Å²) >= 11 is 13.3. The van der Waals surface area contributed by atoms with Crippen molar-refractivity contribution in [3.63, 3.8) is 0 Å². The number of rotatable bonds is 5. The Morgan fingerprint density at radius 1 is 1.38 bits per heavy atom. The third-order valence-corrected chi connectivity index (χ3v) is 5.34. The summed E-state index contributed by atoms with van der Waals surface area (Å²) < 4.78 is 1.26. The number of aromatic nitrogens is 2. The number of amides is 1. The Bertz CT molecular complexity index is 1060. The first-order valence-corrected chi connectivity index (χ1v) is 9.30. The molecule has 0 aliphatic heterocycles. The summed E-state index contributed by atoms with van der Waals surface area (Å²) in [5.74, 6) is -0.444. The molecule has 3 aromatic rings. The van der Waals surface area contributed by atoms with E-state index < -0.39 is 5.91 Å². The summed E-state index contributed by atoms with van der Waals surface area (Å²) in [6.45, 7) is 1.84. The van der Waals surface area contributed by atoms with Gasteiger partial charge in [-0.2, -0.15) is 5.10 Å². The van der Waals surface area contributed by atoms with E-state index in [-0.39, 0.29) is 12.1 Å². The van der Waals surface area contributed by atoms with Gasteiger partial charge in [0, 0.05) is 15.5 Å². The van der Waals surface area contributed by atoms with Crippen LogP contribution < -0.4 is 11.0 Å². The second-order valence-corrected chi connectivity index (χ2v) is 7.38. The van der Waals surface area contributed by atoms with E-state index in [1.165, 1.54) is 28.4 Å². The van der Waals surface area contributed by atoms with Crippen LogP contribution in [-0.4, -0.2) is 21.7 Å². The minimum absolute atomic E-state index is 0.176. The molecule has 2 heterocycles. The van der Waals surface area contributed by atoms with Crippen molar-refractivity contribution in [2.45, 2.75) is 19.9 Å². The molecule has 3 rings (SSSR count). The average molecular weight is 409 g/mol. The first-order valence-electron chi connectivity index (χ1n) is 7.72. The first-order chi connectivity index (χ1) is 12.5. The number of fused-ring (bicyclic) bond motifs is 1. The van der Waals surface area contributed by atoms with Crippen LogP contribution in [0.15, 0.2) is 40.5 Å². The minimum atomic E-state index is -0.444. The van der Waals surface area contributed by atoms with Crippen LogP contribution >= 0.6 is 34.5 Å². The smallest absolute Gasteiger partial charge is 0.262 e. The number of aryl methyl sites for hydroxylation is 1. The van der Waals surface area contributed by atoms with Crippen LogP contribution in [0.4, 0.5) is 0 Å². The molecule has 0 saturated carbocycles. The van der Waals surface area contributed by atoms with Crippen molar-refractivity contribution in [3.8, 4) is 0 Å². The Labute approximate surface area is 163 Å². The third kappa shape index (κ3) is 4.12. The van der Waals surface area contributed by atoms with E-state index in [0.29, 0.717) is 25.8 Å². The maximum absolute atomic E-state index is 12.4. The molecule has 0 unspecified atom stereocenters. The summed E-state index contributed by atoms with van der Waals surface area (Å²) in [6, 6.07) is 6.76. The molecule has 0 fully saturated rings. The molecular formula is C17H14Cl2N4O2S. The molecule has 1 N–H and O–H groups in total. The zero-order valence-electron chi connectivity index (χ0n) is 13.7. The van der Waals surface area contributed by atoms with Gasteiger partial charge in [0.15, 0.2) is 0 Å². The summed E-state index contributed by atoms with van der Waals surface area (Å²) in [6.07, 6.45) is 3.62. The van der Waals surface area contributed by atoms with E-state index in [1.807, 2.05) is 13.0 Å². The second kappa shape index (κ2) is 7.99.